The first-order valence-corrected chi connectivity index (χ1v) is 4.99. The van der Waals surface area contributed by atoms with Gasteiger partial charge < -0.3 is 4.90 Å². The summed E-state index contributed by atoms with van der Waals surface area (Å²) in [5, 5.41) is 0. The quantitative estimate of drug-likeness (QED) is 0.564. The largest absolute Gasteiger partial charge is 0.313 e. The van der Waals surface area contributed by atoms with Crippen LogP contribution in [-0.2, 0) is 4.79 Å². The second-order valence-corrected chi connectivity index (χ2v) is 6.22. The van der Waals surface area contributed by atoms with Crippen molar-refractivity contribution in [1.29, 1.82) is 0 Å². The molecule has 68 valence electrons. The number of nitrogens with two attached hydrogens (primary N) is 1. The fourth-order valence-electron chi connectivity index (χ4n) is 1.95. The molecule has 2 rings (SSSR count). The Kier molecular flexibility index (Phi) is 1.39. The summed E-state index contributed by atoms with van der Waals surface area (Å²) in [6, 6.07) is 0. The van der Waals surface area contributed by atoms with Crippen LogP contribution in [0.1, 0.15) is 20.8 Å². The minimum absolute atomic E-state index is 0.00993. The number of fused-ring (bicyclic) bond motifs is 1. The third-order valence-electron chi connectivity index (χ3n) is 2.66. The van der Waals surface area contributed by atoms with Gasteiger partial charge in [-0.2, -0.15) is 0 Å². The van der Waals surface area contributed by atoms with Gasteiger partial charge in [-0.25, -0.2) is 0 Å². The molecule has 0 aromatic rings. The third kappa shape index (κ3) is 0.796. The highest BCUT2D eigenvalue weighted by atomic mass is 32.2. The molecule has 1 amide bonds. The topological polar surface area (TPSA) is 46.3 Å². The smallest absolute Gasteiger partial charge is 0.232 e. The number of nitrogens with zero attached hydrogens (tertiary/aromatic N) is 1. The van der Waals surface area contributed by atoms with Crippen molar-refractivity contribution < 1.29 is 4.79 Å². The summed E-state index contributed by atoms with van der Waals surface area (Å²) in [6.07, 6.45) is 0. The number of amides is 1. The molecule has 2 aliphatic rings. The van der Waals surface area contributed by atoms with Crippen molar-refractivity contribution in [2.45, 2.75) is 30.5 Å². The Balaban J connectivity index is 2.28. The lowest BCUT2D eigenvalue weighted by Crippen LogP contribution is -2.70. The number of hydrogen-bond donors (Lipinski definition) is 1. The average molecular weight is 186 g/mol. The summed E-state index contributed by atoms with van der Waals surface area (Å²) in [5.74, 6) is 0.194. The van der Waals surface area contributed by atoms with Gasteiger partial charge >= 0.3 is 0 Å². The molecule has 2 unspecified atom stereocenters. The Hall–Kier alpha value is -0.220. The van der Waals surface area contributed by atoms with Gasteiger partial charge in [-0.15, -0.1) is 11.8 Å². The van der Waals surface area contributed by atoms with Crippen LogP contribution >= 0.6 is 11.8 Å². The van der Waals surface area contributed by atoms with E-state index in [4.69, 9.17) is 5.73 Å². The van der Waals surface area contributed by atoms with Crippen LogP contribution in [0.5, 0.6) is 0 Å². The van der Waals surface area contributed by atoms with Crippen LogP contribution in [0.25, 0.3) is 0 Å². The van der Waals surface area contributed by atoms with Gasteiger partial charge in [-0.3, -0.25) is 10.5 Å². The van der Waals surface area contributed by atoms with Gasteiger partial charge in [0.1, 0.15) is 0 Å². The maximum absolute atomic E-state index is 11.4. The molecule has 0 spiro atoms. The number of thioether (sulfide) groups is 1. The first kappa shape index (κ1) is 8.38. The fourth-order valence-corrected chi connectivity index (χ4v) is 3.57. The van der Waals surface area contributed by atoms with Crippen LogP contribution in [0.2, 0.25) is 0 Å². The van der Waals surface area contributed by atoms with E-state index in [1.165, 1.54) is 0 Å². The highest BCUT2D eigenvalue weighted by Crippen LogP contribution is 2.54. The first-order chi connectivity index (χ1) is 5.37. The van der Waals surface area contributed by atoms with Crippen LogP contribution in [0.3, 0.4) is 0 Å². The zero-order chi connectivity index (χ0) is 9.15. The van der Waals surface area contributed by atoms with E-state index >= 15 is 0 Å². The van der Waals surface area contributed by atoms with Gasteiger partial charge in [-0.05, 0) is 20.8 Å². The van der Waals surface area contributed by atoms with E-state index in [0.717, 1.165) is 6.54 Å². The predicted molar refractivity (Wildman–Crippen MR) is 49.5 cm³/mol. The van der Waals surface area contributed by atoms with Crippen molar-refractivity contribution in [3.8, 4) is 0 Å². The molecule has 2 N–H and O–H groups in total. The van der Waals surface area contributed by atoms with Crippen LogP contribution in [-0.4, -0.2) is 27.1 Å². The lowest BCUT2D eigenvalue weighted by Gasteiger charge is -2.48. The molecule has 2 saturated heterocycles. The van der Waals surface area contributed by atoms with Gasteiger partial charge in [0.15, 0.2) is 4.99 Å². The molecular weight excluding hydrogens is 172 g/mol. The monoisotopic (exact) mass is 186 g/mol. The Bertz CT molecular complexity index is 253. The van der Waals surface area contributed by atoms with Gasteiger partial charge in [0.05, 0.1) is 5.92 Å². The number of rotatable bonds is 0. The van der Waals surface area contributed by atoms with Gasteiger partial charge in [0.2, 0.25) is 5.91 Å². The molecule has 0 radical (unpaired) electrons. The average Bonchev–Trinajstić information content (AvgIpc) is 2.18. The number of β-lactam (4-membered cyclic amide) rings is 1. The second kappa shape index (κ2) is 1.99. The number of carbonyl (C=O) groups is 1. The van der Waals surface area contributed by atoms with Gasteiger partial charge in [0, 0.05) is 11.3 Å². The molecule has 2 atom stereocenters. The molecule has 3 nitrogen and oxygen atoms in total. The van der Waals surface area contributed by atoms with Crippen molar-refractivity contribution in [2.75, 3.05) is 6.54 Å². The molecule has 0 saturated carbocycles. The maximum atomic E-state index is 11.4. The normalized spacial score (nSPS) is 44.2. The lowest BCUT2D eigenvalue weighted by molar-refractivity contribution is -0.156. The van der Waals surface area contributed by atoms with Crippen LogP contribution in [0, 0.1) is 5.92 Å². The minimum Gasteiger partial charge on any atom is -0.313 e. The highest BCUT2D eigenvalue weighted by molar-refractivity contribution is 8.02. The van der Waals surface area contributed by atoms with E-state index in [-0.39, 0.29) is 16.6 Å². The second-order valence-electron chi connectivity index (χ2n) is 4.26. The maximum Gasteiger partial charge on any atom is 0.232 e. The Morgan fingerprint density at radius 2 is 2.25 bits per heavy atom. The van der Waals surface area contributed by atoms with E-state index in [1.807, 2.05) is 6.92 Å². The molecule has 2 fully saturated rings. The zero-order valence-electron chi connectivity index (χ0n) is 7.63. The molecule has 0 bridgehead atoms. The molecule has 0 aromatic heterocycles. The summed E-state index contributed by atoms with van der Waals surface area (Å²) >= 11 is 1.71. The Morgan fingerprint density at radius 1 is 1.67 bits per heavy atom. The minimum atomic E-state index is -0.402. The van der Waals surface area contributed by atoms with E-state index in [1.54, 1.807) is 16.7 Å². The highest BCUT2D eigenvalue weighted by Gasteiger charge is 2.63. The predicted octanol–water partition coefficient (Wildman–Crippen LogP) is 0.603. The van der Waals surface area contributed by atoms with Crippen LogP contribution in [0.15, 0.2) is 0 Å². The first-order valence-electron chi connectivity index (χ1n) is 4.17. The summed E-state index contributed by atoms with van der Waals surface area (Å²) in [6.45, 7) is 6.96. The fraction of sp³-hybridized carbons (Fsp3) is 0.875. The van der Waals surface area contributed by atoms with Gasteiger partial charge in [0.25, 0.3) is 0 Å². The molecular formula is C8H14N2OS. The van der Waals surface area contributed by atoms with Crippen LogP contribution in [0.4, 0.5) is 0 Å². The van der Waals surface area contributed by atoms with Crippen molar-refractivity contribution in [2.24, 2.45) is 11.7 Å². The molecule has 4 heteroatoms. The standard InChI is InChI=1S/C8H14N2OS/c1-5-6(11)10-4-7(2,3)12-8(5,10)9/h5H,4,9H2,1-3H3. The molecule has 0 aromatic carbocycles. The molecule has 2 heterocycles. The van der Waals surface area contributed by atoms with Crippen molar-refractivity contribution in [1.82, 2.24) is 4.90 Å². The van der Waals surface area contributed by atoms with Crippen molar-refractivity contribution in [3.05, 3.63) is 0 Å². The third-order valence-corrected chi connectivity index (χ3v) is 4.24. The molecule has 2 aliphatic heterocycles. The lowest BCUT2D eigenvalue weighted by atomic mass is 9.95. The number of hydrogen-bond acceptors (Lipinski definition) is 3. The summed E-state index contributed by atoms with van der Waals surface area (Å²) in [5.41, 5.74) is 6.09. The van der Waals surface area contributed by atoms with E-state index in [9.17, 15) is 4.79 Å². The molecule has 12 heavy (non-hydrogen) atoms. The zero-order valence-corrected chi connectivity index (χ0v) is 8.44. The molecule has 0 aliphatic carbocycles. The van der Waals surface area contributed by atoms with Crippen molar-refractivity contribution in [3.63, 3.8) is 0 Å². The summed E-state index contributed by atoms with van der Waals surface area (Å²) < 4.78 is 0.120. The van der Waals surface area contributed by atoms with Crippen LogP contribution < -0.4 is 5.73 Å². The summed E-state index contributed by atoms with van der Waals surface area (Å²) in [7, 11) is 0. The van der Waals surface area contributed by atoms with Crippen molar-refractivity contribution >= 4 is 17.7 Å². The van der Waals surface area contributed by atoms with E-state index in [2.05, 4.69) is 13.8 Å². The Labute approximate surface area is 76.7 Å². The van der Waals surface area contributed by atoms with E-state index in [0.29, 0.717) is 0 Å². The summed E-state index contributed by atoms with van der Waals surface area (Å²) in [4.78, 5) is 12.8. The SMILES string of the molecule is CC1C(=O)N2CC(C)(C)SC12N. The Morgan fingerprint density at radius 3 is 2.75 bits per heavy atom. The van der Waals surface area contributed by atoms with E-state index < -0.39 is 4.99 Å². The van der Waals surface area contributed by atoms with Gasteiger partial charge in [-0.1, -0.05) is 0 Å². The number of carbonyl (C=O) groups excluding carboxylic acids is 1.